The minimum absolute atomic E-state index is 0.178. The first-order chi connectivity index (χ1) is 14.5. The Bertz CT molecular complexity index is 998. The molecule has 1 aromatic carbocycles. The van der Waals surface area contributed by atoms with Crippen molar-refractivity contribution in [2.75, 3.05) is 43.1 Å². The predicted molar refractivity (Wildman–Crippen MR) is 109 cm³/mol. The van der Waals surface area contributed by atoms with Crippen LogP contribution in [0.5, 0.6) is 0 Å². The monoisotopic (exact) mass is 431 g/mol. The fraction of sp³-hybridized carbons (Fsp3) is 0.250. The number of nitrogens with one attached hydrogen (secondary N) is 1. The second kappa shape index (κ2) is 8.72. The van der Waals surface area contributed by atoms with Crippen LogP contribution in [-0.4, -0.2) is 54.8 Å². The maximum absolute atomic E-state index is 12.9. The van der Waals surface area contributed by atoms with Gasteiger partial charge in [0.25, 0.3) is 11.1 Å². The molecular formula is C20H18FN3O5S. The number of imide groups is 1. The molecule has 0 atom stereocenters. The lowest BCUT2D eigenvalue weighted by atomic mass is 10.3. The van der Waals surface area contributed by atoms with Crippen LogP contribution in [0.25, 0.3) is 6.08 Å². The number of nitrogens with zero attached hydrogens (tertiary/aromatic N) is 2. The van der Waals surface area contributed by atoms with Gasteiger partial charge in [-0.3, -0.25) is 19.3 Å². The molecule has 2 aliphatic heterocycles. The van der Waals surface area contributed by atoms with E-state index in [0.29, 0.717) is 43.6 Å². The van der Waals surface area contributed by atoms with Crippen LogP contribution in [-0.2, 0) is 14.3 Å². The maximum atomic E-state index is 12.9. The summed E-state index contributed by atoms with van der Waals surface area (Å²) >= 11 is 0.747. The quantitative estimate of drug-likeness (QED) is 0.728. The molecule has 2 fully saturated rings. The number of benzene rings is 1. The lowest BCUT2D eigenvalue weighted by Crippen LogP contribution is -2.36. The smallest absolute Gasteiger partial charge is 0.294 e. The lowest BCUT2D eigenvalue weighted by molar-refractivity contribution is -0.127. The Morgan fingerprint density at radius 2 is 1.87 bits per heavy atom. The van der Waals surface area contributed by atoms with Crippen molar-refractivity contribution in [3.63, 3.8) is 0 Å². The molecule has 2 aliphatic rings. The average Bonchev–Trinajstić information content (AvgIpc) is 3.31. The Morgan fingerprint density at radius 3 is 2.60 bits per heavy atom. The van der Waals surface area contributed by atoms with Gasteiger partial charge in [0, 0.05) is 30.9 Å². The Morgan fingerprint density at radius 1 is 1.13 bits per heavy atom. The van der Waals surface area contributed by atoms with E-state index in [1.54, 1.807) is 12.1 Å². The van der Waals surface area contributed by atoms with Crippen molar-refractivity contribution in [3.05, 3.63) is 52.9 Å². The number of halogens is 1. The zero-order valence-corrected chi connectivity index (χ0v) is 16.6. The molecule has 0 spiro atoms. The van der Waals surface area contributed by atoms with Gasteiger partial charge in [-0.15, -0.1) is 0 Å². The summed E-state index contributed by atoms with van der Waals surface area (Å²) in [6.07, 6.45) is 1.49. The van der Waals surface area contributed by atoms with Crippen molar-refractivity contribution >= 4 is 46.5 Å². The Labute approximate surface area is 175 Å². The molecule has 0 unspecified atom stereocenters. The number of carbonyl (C=O) groups excluding carboxylic acids is 3. The van der Waals surface area contributed by atoms with E-state index in [-0.39, 0.29) is 4.91 Å². The standard InChI is InChI=1S/C20H18FN3O5S/c21-13-1-3-14(4-2-13)22-17(25)12-24-19(26)16(30-20(24)27)11-15-5-6-18(29-15)23-7-9-28-10-8-23/h1-6,11H,7-10,12H2,(H,22,25)/b16-11+. The average molecular weight is 431 g/mol. The minimum Gasteiger partial charge on any atom is -0.441 e. The third-order valence-electron chi connectivity index (χ3n) is 4.51. The molecule has 2 saturated heterocycles. The van der Waals surface area contributed by atoms with Gasteiger partial charge in [-0.2, -0.15) is 0 Å². The molecule has 30 heavy (non-hydrogen) atoms. The Hall–Kier alpha value is -3.11. The molecular weight excluding hydrogens is 413 g/mol. The van der Waals surface area contributed by atoms with Crippen molar-refractivity contribution in [1.82, 2.24) is 4.90 Å². The first-order valence-electron chi connectivity index (χ1n) is 9.23. The van der Waals surface area contributed by atoms with E-state index < -0.39 is 29.4 Å². The molecule has 1 aromatic heterocycles. The SMILES string of the molecule is O=C(CN1C(=O)S/C(=C/c2ccc(N3CCOCC3)o2)C1=O)Nc1ccc(F)cc1. The summed E-state index contributed by atoms with van der Waals surface area (Å²) in [6.45, 7) is 2.24. The van der Waals surface area contributed by atoms with Gasteiger partial charge >= 0.3 is 0 Å². The van der Waals surface area contributed by atoms with Gasteiger partial charge in [-0.05, 0) is 42.1 Å². The van der Waals surface area contributed by atoms with Crippen LogP contribution in [0, 0.1) is 5.82 Å². The van der Waals surface area contributed by atoms with E-state index >= 15 is 0 Å². The molecule has 0 saturated carbocycles. The summed E-state index contributed by atoms with van der Waals surface area (Å²) in [5, 5.41) is 1.99. The van der Waals surface area contributed by atoms with E-state index in [4.69, 9.17) is 9.15 Å². The summed E-state index contributed by atoms with van der Waals surface area (Å²) in [5.74, 6) is -0.444. The van der Waals surface area contributed by atoms with Gasteiger partial charge in [0.1, 0.15) is 18.1 Å². The Kier molecular flexibility index (Phi) is 5.86. The highest BCUT2D eigenvalue weighted by Gasteiger charge is 2.36. The summed E-state index contributed by atoms with van der Waals surface area (Å²) in [5.41, 5.74) is 0.371. The van der Waals surface area contributed by atoms with E-state index in [2.05, 4.69) is 5.32 Å². The van der Waals surface area contributed by atoms with Crippen LogP contribution in [0.2, 0.25) is 0 Å². The van der Waals surface area contributed by atoms with E-state index in [1.165, 1.54) is 30.3 Å². The molecule has 156 valence electrons. The second-order valence-electron chi connectivity index (χ2n) is 6.60. The van der Waals surface area contributed by atoms with Gasteiger partial charge in [0.05, 0.1) is 18.1 Å². The van der Waals surface area contributed by atoms with Crippen LogP contribution in [0.15, 0.2) is 45.7 Å². The molecule has 0 radical (unpaired) electrons. The summed E-state index contributed by atoms with van der Waals surface area (Å²) in [7, 11) is 0. The summed E-state index contributed by atoms with van der Waals surface area (Å²) in [4.78, 5) is 40.0. The highest BCUT2D eigenvalue weighted by atomic mass is 32.2. The van der Waals surface area contributed by atoms with Crippen molar-refractivity contribution in [2.45, 2.75) is 0 Å². The highest BCUT2D eigenvalue weighted by Crippen LogP contribution is 2.33. The molecule has 4 rings (SSSR count). The molecule has 3 amide bonds. The number of amides is 3. The van der Waals surface area contributed by atoms with E-state index in [1.807, 2.05) is 4.90 Å². The number of thioether (sulfide) groups is 1. The number of carbonyl (C=O) groups is 3. The first kappa shape index (κ1) is 20.2. The number of furan rings is 1. The first-order valence-corrected chi connectivity index (χ1v) is 10.0. The van der Waals surface area contributed by atoms with E-state index in [0.717, 1.165) is 16.7 Å². The van der Waals surface area contributed by atoms with Crippen LogP contribution in [0.3, 0.4) is 0 Å². The molecule has 2 aromatic rings. The van der Waals surface area contributed by atoms with Gasteiger partial charge in [0.2, 0.25) is 5.91 Å². The Balaban J connectivity index is 1.40. The molecule has 0 bridgehead atoms. The molecule has 10 heteroatoms. The third kappa shape index (κ3) is 4.55. The number of hydrogen-bond acceptors (Lipinski definition) is 7. The van der Waals surface area contributed by atoms with Crippen LogP contribution in [0.1, 0.15) is 5.76 Å². The van der Waals surface area contributed by atoms with Crippen LogP contribution in [0.4, 0.5) is 20.8 Å². The van der Waals surface area contributed by atoms with Gasteiger partial charge in [-0.1, -0.05) is 0 Å². The molecule has 0 aliphatic carbocycles. The number of morpholine rings is 1. The number of ether oxygens (including phenoxy) is 1. The van der Waals surface area contributed by atoms with Crippen molar-refractivity contribution in [3.8, 4) is 0 Å². The fourth-order valence-electron chi connectivity index (χ4n) is 3.02. The summed E-state index contributed by atoms with van der Waals surface area (Å²) < 4.78 is 24.0. The van der Waals surface area contributed by atoms with Gasteiger partial charge in [-0.25, -0.2) is 4.39 Å². The normalized spacial score (nSPS) is 18.4. The van der Waals surface area contributed by atoms with Crippen LogP contribution < -0.4 is 10.2 Å². The van der Waals surface area contributed by atoms with Crippen molar-refractivity contribution < 1.29 is 27.9 Å². The largest absolute Gasteiger partial charge is 0.441 e. The molecule has 8 nitrogen and oxygen atoms in total. The van der Waals surface area contributed by atoms with Crippen molar-refractivity contribution in [1.29, 1.82) is 0 Å². The van der Waals surface area contributed by atoms with Crippen LogP contribution >= 0.6 is 11.8 Å². The third-order valence-corrected chi connectivity index (χ3v) is 5.42. The topological polar surface area (TPSA) is 92.1 Å². The zero-order chi connectivity index (χ0) is 21.1. The lowest BCUT2D eigenvalue weighted by Gasteiger charge is -2.26. The van der Waals surface area contributed by atoms with Gasteiger partial charge in [0.15, 0.2) is 5.88 Å². The summed E-state index contributed by atoms with van der Waals surface area (Å²) in [6, 6.07) is 8.71. The minimum atomic E-state index is -0.566. The zero-order valence-electron chi connectivity index (χ0n) is 15.8. The molecule has 1 N–H and O–H groups in total. The fourth-order valence-corrected chi connectivity index (χ4v) is 3.83. The van der Waals surface area contributed by atoms with E-state index in [9.17, 15) is 18.8 Å². The van der Waals surface area contributed by atoms with Gasteiger partial charge < -0.3 is 19.4 Å². The van der Waals surface area contributed by atoms with Crippen molar-refractivity contribution in [2.24, 2.45) is 0 Å². The second-order valence-corrected chi connectivity index (χ2v) is 7.59. The molecule has 3 heterocycles. The number of rotatable bonds is 5. The highest BCUT2D eigenvalue weighted by molar-refractivity contribution is 8.18. The predicted octanol–water partition coefficient (Wildman–Crippen LogP) is 2.93. The number of hydrogen-bond donors (Lipinski definition) is 1. The maximum Gasteiger partial charge on any atom is 0.294 e. The number of anilines is 2.